The lowest BCUT2D eigenvalue weighted by atomic mass is 10.0. The highest BCUT2D eigenvalue weighted by atomic mass is 35.5. The van der Waals surface area contributed by atoms with Gasteiger partial charge in [0, 0.05) is 36.6 Å². The van der Waals surface area contributed by atoms with Gasteiger partial charge in [-0.05, 0) is 54.3 Å². The SMILES string of the molecule is CCCCCCN(CCCC)c1ccc(-c2ccc(NC(=O)c3cc([N+](=O)[O-])ccc3Cl)cc2)cc1. The van der Waals surface area contributed by atoms with Crippen LogP contribution in [0.2, 0.25) is 5.02 Å². The summed E-state index contributed by atoms with van der Waals surface area (Å²) >= 11 is 6.09. The highest BCUT2D eigenvalue weighted by Gasteiger charge is 2.16. The molecule has 3 aromatic rings. The number of rotatable bonds is 13. The average Bonchev–Trinajstić information content (AvgIpc) is 2.89. The van der Waals surface area contributed by atoms with Gasteiger partial charge in [-0.15, -0.1) is 0 Å². The summed E-state index contributed by atoms with van der Waals surface area (Å²) in [5, 5.41) is 13.9. The number of halogens is 1. The number of benzene rings is 3. The molecule has 1 N–H and O–H groups in total. The zero-order valence-corrected chi connectivity index (χ0v) is 21.8. The smallest absolute Gasteiger partial charge is 0.270 e. The van der Waals surface area contributed by atoms with Gasteiger partial charge in [0.15, 0.2) is 0 Å². The molecule has 0 saturated heterocycles. The Morgan fingerprint density at radius 2 is 1.47 bits per heavy atom. The minimum absolute atomic E-state index is 0.0628. The third kappa shape index (κ3) is 7.56. The van der Waals surface area contributed by atoms with Crippen LogP contribution in [-0.4, -0.2) is 23.9 Å². The third-order valence-electron chi connectivity index (χ3n) is 6.18. The Balaban J connectivity index is 1.67. The number of carbonyl (C=O) groups is 1. The average molecular weight is 508 g/mol. The molecule has 190 valence electrons. The number of non-ortho nitro benzene ring substituents is 1. The van der Waals surface area contributed by atoms with E-state index in [1.165, 1.54) is 62.4 Å². The van der Waals surface area contributed by atoms with Crippen molar-refractivity contribution in [3.8, 4) is 11.1 Å². The Morgan fingerprint density at radius 1 is 0.861 bits per heavy atom. The maximum Gasteiger partial charge on any atom is 0.270 e. The summed E-state index contributed by atoms with van der Waals surface area (Å²) in [5.41, 5.74) is 3.85. The first-order valence-corrected chi connectivity index (χ1v) is 13.0. The number of hydrogen-bond acceptors (Lipinski definition) is 4. The van der Waals surface area contributed by atoms with Crippen LogP contribution >= 0.6 is 11.6 Å². The van der Waals surface area contributed by atoms with Gasteiger partial charge in [-0.1, -0.05) is 75.4 Å². The van der Waals surface area contributed by atoms with Crippen molar-refractivity contribution in [3.63, 3.8) is 0 Å². The fraction of sp³-hybridized carbons (Fsp3) is 0.345. The standard InChI is InChI=1S/C29H34ClN3O3/c1-3-5-7-8-20-32(19-6-4-2)25-15-11-23(12-16-25)22-9-13-24(14-10-22)31-29(34)27-21-26(33(35)36)17-18-28(27)30/h9-18,21H,3-8,19-20H2,1-2H3,(H,31,34). The zero-order chi connectivity index (χ0) is 25.9. The molecule has 0 fully saturated rings. The van der Waals surface area contributed by atoms with Crippen LogP contribution in [0.1, 0.15) is 62.7 Å². The molecule has 1 amide bonds. The molecule has 0 radical (unpaired) electrons. The molecule has 0 unspecified atom stereocenters. The molecule has 0 saturated carbocycles. The second-order valence-electron chi connectivity index (χ2n) is 8.90. The molecule has 0 spiro atoms. The molecule has 7 heteroatoms. The fourth-order valence-corrected chi connectivity index (χ4v) is 4.26. The first-order chi connectivity index (χ1) is 17.4. The summed E-state index contributed by atoms with van der Waals surface area (Å²) in [5.74, 6) is -0.494. The van der Waals surface area contributed by atoms with Crippen molar-refractivity contribution in [1.82, 2.24) is 0 Å². The van der Waals surface area contributed by atoms with Crippen LogP contribution in [0, 0.1) is 10.1 Å². The molecule has 6 nitrogen and oxygen atoms in total. The first-order valence-electron chi connectivity index (χ1n) is 12.6. The van der Waals surface area contributed by atoms with Crippen LogP contribution in [0.3, 0.4) is 0 Å². The summed E-state index contributed by atoms with van der Waals surface area (Å²) in [6.07, 6.45) is 7.38. The van der Waals surface area contributed by atoms with Crippen LogP contribution in [0.5, 0.6) is 0 Å². The van der Waals surface area contributed by atoms with Gasteiger partial charge in [0.25, 0.3) is 11.6 Å². The molecule has 0 aliphatic rings. The molecule has 0 aliphatic carbocycles. The maximum absolute atomic E-state index is 12.6. The number of unbranched alkanes of at least 4 members (excludes halogenated alkanes) is 4. The van der Waals surface area contributed by atoms with E-state index in [1.54, 1.807) is 0 Å². The van der Waals surface area contributed by atoms with Crippen molar-refractivity contribution in [3.05, 3.63) is 87.4 Å². The number of carbonyl (C=O) groups excluding carboxylic acids is 1. The lowest BCUT2D eigenvalue weighted by Crippen LogP contribution is -2.25. The van der Waals surface area contributed by atoms with E-state index in [2.05, 4.69) is 48.3 Å². The quantitative estimate of drug-likeness (QED) is 0.143. The summed E-state index contributed by atoms with van der Waals surface area (Å²) in [6.45, 7) is 6.62. The minimum Gasteiger partial charge on any atom is -0.372 e. The van der Waals surface area contributed by atoms with Gasteiger partial charge < -0.3 is 10.2 Å². The van der Waals surface area contributed by atoms with Crippen molar-refractivity contribution in [1.29, 1.82) is 0 Å². The molecular formula is C29H34ClN3O3. The van der Waals surface area contributed by atoms with Crippen LogP contribution in [-0.2, 0) is 0 Å². The van der Waals surface area contributed by atoms with Crippen LogP contribution in [0.25, 0.3) is 11.1 Å². The van der Waals surface area contributed by atoms with E-state index < -0.39 is 10.8 Å². The summed E-state index contributed by atoms with van der Waals surface area (Å²) < 4.78 is 0. The van der Waals surface area contributed by atoms with Gasteiger partial charge in [-0.2, -0.15) is 0 Å². The summed E-state index contributed by atoms with van der Waals surface area (Å²) in [4.78, 5) is 25.6. The lowest BCUT2D eigenvalue weighted by molar-refractivity contribution is -0.384. The predicted molar refractivity (Wildman–Crippen MR) is 149 cm³/mol. The second kappa shape index (κ2) is 13.6. The molecule has 0 aliphatic heterocycles. The van der Waals surface area contributed by atoms with Crippen LogP contribution in [0.4, 0.5) is 17.1 Å². The molecular weight excluding hydrogens is 474 g/mol. The highest BCUT2D eigenvalue weighted by Crippen LogP contribution is 2.27. The third-order valence-corrected chi connectivity index (χ3v) is 6.51. The maximum atomic E-state index is 12.6. The Morgan fingerprint density at radius 3 is 2.08 bits per heavy atom. The topological polar surface area (TPSA) is 75.5 Å². The van der Waals surface area contributed by atoms with Gasteiger partial charge in [0.2, 0.25) is 0 Å². The van der Waals surface area contributed by atoms with Gasteiger partial charge >= 0.3 is 0 Å². The monoisotopic (exact) mass is 507 g/mol. The molecule has 0 aromatic heterocycles. The first kappa shape index (κ1) is 27.2. The predicted octanol–water partition coefficient (Wildman–Crippen LogP) is 8.35. The van der Waals surface area contributed by atoms with Crippen molar-refractivity contribution in [2.45, 2.75) is 52.4 Å². The molecule has 0 bridgehead atoms. The van der Waals surface area contributed by atoms with Crippen molar-refractivity contribution >= 4 is 34.6 Å². The van der Waals surface area contributed by atoms with Gasteiger partial charge in [-0.3, -0.25) is 14.9 Å². The van der Waals surface area contributed by atoms with E-state index >= 15 is 0 Å². The van der Waals surface area contributed by atoms with Crippen LogP contribution < -0.4 is 10.2 Å². The van der Waals surface area contributed by atoms with Crippen LogP contribution in [0.15, 0.2) is 66.7 Å². The largest absolute Gasteiger partial charge is 0.372 e. The normalized spacial score (nSPS) is 10.8. The molecule has 3 aromatic carbocycles. The van der Waals surface area contributed by atoms with Crippen molar-refractivity contribution < 1.29 is 9.72 Å². The van der Waals surface area contributed by atoms with E-state index in [4.69, 9.17) is 11.6 Å². The molecule has 0 heterocycles. The van der Waals surface area contributed by atoms with E-state index in [0.717, 1.165) is 24.2 Å². The Hall–Kier alpha value is -3.38. The Kier molecular flexibility index (Phi) is 10.3. The van der Waals surface area contributed by atoms with E-state index in [0.29, 0.717) is 5.69 Å². The number of nitrogens with zero attached hydrogens (tertiary/aromatic N) is 2. The van der Waals surface area contributed by atoms with Crippen molar-refractivity contribution in [2.24, 2.45) is 0 Å². The number of nitrogens with one attached hydrogen (secondary N) is 1. The lowest BCUT2D eigenvalue weighted by Gasteiger charge is -2.25. The van der Waals surface area contributed by atoms with Gasteiger partial charge in [-0.25, -0.2) is 0 Å². The fourth-order valence-electron chi connectivity index (χ4n) is 4.06. The van der Waals surface area contributed by atoms with Gasteiger partial charge in [0.1, 0.15) is 0 Å². The zero-order valence-electron chi connectivity index (χ0n) is 21.0. The highest BCUT2D eigenvalue weighted by molar-refractivity contribution is 6.34. The minimum atomic E-state index is -0.553. The number of anilines is 2. The summed E-state index contributed by atoms with van der Waals surface area (Å²) in [7, 11) is 0. The number of amides is 1. The molecule has 3 rings (SSSR count). The molecule has 36 heavy (non-hydrogen) atoms. The second-order valence-corrected chi connectivity index (χ2v) is 9.31. The van der Waals surface area contributed by atoms with E-state index in [9.17, 15) is 14.9 Å². The summed E-state index contributed by atoms with van der Waals surface area (Å²) in [6, 6.07) is 20.0. The Bertz CT molecular complexity index is 1150. The van der Waals surface area contributed by atoms with E-state index in [1.807, 2.05) is 24.3 Å². The Labute approximate surface area is 218 Å². The number of nitro benzene ring substituents is 1. The van der Waals surface area contributed by atoms with Gasteiger partial charge in [0.05, 0.1) is 15.5 Å². The van der Waals surface area contributed by atoms with Crippen molar-refractivity contribution in [2.75, 3.05) is 23.3 Å². The van der Waals surface area contributed by atoms with E-state index in [-0.39, 0.29) is 16.3 Å². The number of hydrogen-bond donors (Lipinski definition) is 1. The number of nitro groups is 1. The molecule has 0 atom stereocenters.